The molecule has 8 heteroatoms. The molecule has 1 saturated heterocycles. The normalized spacial score (nSPS) is 15.7. The fourth-order valence-corrected chi connectivity index (χ4v) is 5.34. The van der Waals surface area contributed by atoms with Crippen molar-refractivity contribution in [1.29, 1.82) is 0 Å². The van der Waals surface area contributed by atoms with Crippen molar-refractivity contribution in [2.24, 2.45) is 0 Å². The molecule has 0 unspecified atom stereocenters. The van der Waals surface area contributed by atoms with Gasteiger partial charge in [-0.15, -0.1) is 0 Å². The SMILES string of the molecule is CN(c1ncccn1)c1cccc(S(=O)(=O)N2CCCC2)c1Br. The Labute approximate surface area is 144 Å². The Morgan fingerprint density at radius 2 is 1.78 bits per heavy atom. The van der Waals surface area contributed by atoms with E-state index in [9.17, 15) is 8.42 Å². The van der Waals surface area contributed by atoms with E-state index in [-0.39, 0.29) is 4.90 Å². The number of benzene rings is 1. The van der Waals surface area contributed by atoms with Crippen molar-refractivity contribution in [1.82, 2.24) is 14.3 Å². The van der Waals surface area contributed by atoms with Crippen LogP contribution in [0.1, 0.15) is 12.8 Å². The molecule has 1 aliphatic rings. The summed E-state index contributed by atoms with van der Waals surface area (Å²) in [7, 11) is -1.68. The molecule has 3 rings (SSSR count). The Balaban J connectivity index is 2.02. The van der Waals surface area contributed by atoms with Crippen molar-refractivity contribution in [3.8, 4) is 0 Å². The van der Waals surface area contributed by atoms with Crippen molar-refractivity contribution < 1.29 is 8.42 Å². The van der Waals surface area contributed by atoms with E-state index < -0.39 is 10.0 Å². The minimum atomic E-state index is -3.49. The molecule has 6 nitrogen and oxygen atoms in total. The van der Waals surface area contributed by atoms with Crippen LogP contribution in [-0.4, -0.2) is 42.8 Å². The van der Waals surface area contributed by atoms with Crippen LogP contribution in [0.25, 0.3) is 0 Å². The molecule has 0 aliphatic carbocycles. The highest BCUT2D eigenvalue weighted by molar-refractivity contribution is 9.10. The van der Waals surface area contributed by atoms with Crippen LogP contribution in [-0.2, 0) is 10.0 Å². The van der Waals surface area contributed by atoms with Gasteiger partial charge >= 0.3 is 0 Å². The lowest BCUT2D eigenvalue weighted by atomic mass is 10.3. The Morgan fingerprint density at radius 3 is 2.43 bits per heavy atom. The fourth-order valence-electron chi connectivity index (χ4n) is 2.60. The minimum Gasteiger partial charge on any atom is -0.312 e. The molecule has 1 aromatic carbocycles. The van der Waals surface area contributed by atoms with Gasteiger partial charge < -0.3 is 4.90 Å². The number of hydrogen-bond donors (Lipinski definition) is 0. The third-order valence-corrected chi connectivity index (χ3v) is 6.88. The highest BCUT2D eigenvalue weighted by Gasteiger charge is 2.30. The first-order chi connectivity index (χ1) is 11.0. The molecule has 0 N–H and O–H groups in total. The van der Waals surface area contributed by atoms with Crippen LogP contribution in [0.15, 0.2) is 46.0 Å². The maximum absolute atomic E-state index is 12.8. The number of halogens is 1. The van der Waals surface area contributed by atoms with E-state index in [4.69, 9.17) is 0 Å². The lowest BCUT2D eigenvalue weighted by Gasteiger charge is -2.22. The maximum Gasteiger partial charge on any atom is 0.244 e. The molecular weight excluding hydrogens is 380 g/mol. The maximum atomic E-state index is 12.8. The lowest BCUT2D eigenvalue weighted by molar-refractivity contribution is 0.477. The molecule has 0 radical (unpaired) electrons. The molecule has 1 aliphatic heterocycles. The quantitative estimate of drug-likeness (QED) is 0.794. The van der Waals surface area contributed by atoms with Gasteiger partial charge in [0.25, 0.3) is 0 Å². The molecule has 0 amide bonds. The van der Waals surface area contributed by atoms with Gasteiger partial charge in [0.15, 0.2) is 0 Å². The third kappa shape index (κ3) is 3.11. The Bertz CT molecular complexity index is 792. The van der Waals surface area contributed by atoms with Gasteiger partial charge in [-0.05, 0) is 47.0 Å². The van der Waals surface area contributed by atoms with Crippen molar-refractivity contribution in [3.63, 3.8) is 0 Å². The monoisotopic (exact) mass is 396 g/mol. The van der Waals surface area contributed by atoms with Gasteiger partial charge in [0, 0.05) is 32.5 Å². The summed E-state index contributed by atoms with van der Waals surface area (Å²) in [6, 6.07) is 6.94. The van der Waals surface area contributed by atoms with E-state index in [1.165, 1.54) is 4.31 Å². The van der Waals surface area contributed by atoms with Crippen molar-refractivity contribution in [2.45, 2.75) is 17.7 Å². The van der Waals surface area contributed by atoms with Gasteiger partial charge in [0.05, 0.1) is 15.1 Å². The highest BCUT2D eigenvalue weighted by Crippen LogP contribution is 2.36. The number of nitrogens with zero attached hydrogens (tertiary/aromatic N) is 4. The number of aromatic nitrogens is 2. The van der Waals surface area contributed by atoms with Crippen LogP contribution >= 0.6 is 15.9 Å². The van der Waals surface area contributed by atoms with E-state index in [0.29, 0.717) is 29.2 Å². The molecular formula is C15H17BrN4O2S. The zero-order valence-corrected chi connectivity index (χ0v) is 15.1. The predicted molar refractivity (Wildman–Crippen MR) is 92.2 cm³/mol. The smallest absolute Gasteiger partial charge is 0.244 e. The summed E-state index contributed by atoms with van der Waals surface area (Å²) < 4.78 is 27.7. The standard InChI is InChI=1S/C15H17BrN4O2S/c1-19(15-17-8-5-9-18-15)12-6-4-7-13(14(12)16)23(21,22)20-10-2-3-11-20/h4-9H,2-3,10-11H2,1H3. The van der Waals surface area contributed by atoms with Gasteiger partial charge in [-0.25, -0.2) is 18.4 Å². The second-order valence-corrected chi connectivity index (χ2v) is 8.01. The summed E-state index contributed by atoms with van der Waals surface area (Å²) in [6.07, 6.45) is 5.12. The zero-order chi connectivity index (χ0) is 16.4. The molecule has 122 valence electrons. The highest BCUT2D eigenvalue weighted by atomic mass is 79.9. The Kier molecular flexibility index (Phi) is 4.65. The van der Waals surface area contributed by atoms with Crippen LogP contribution in [0.3, 0.4) is 0 Å². The number of sulfonamides is 1. The molecule has 0 spiro atoms. The number of rotatable bonds is 4. The first-order valence-corrected chi connectivity index (χ1v) is 9.54. The largest absolute Gasteiger partial charge is 0.312 e. The molecule has 0 bridgehead atoms. The third-order valence-electron chi connectivity index (χ3n) is 3.84. The fraction of sp³-hybridized carbons (Fsp3) is 0.333. The zero-order valence-electron chi connectivity index (χ0n) is 12.7. The summed E-state index contributed by atoms with van der Waals surface area (Å²) in [4.78, 5) is 10.4. The van der Waals surface area contributed by atoms with E-state index in [1.807, 2.05) is 13.1 Å². The summed E-state index contributed by atoms with van der Waals surface area (Å²) >= 11 is 3.46. The molecule has 1 aromatic heterocycles. The van der Waals surface area contributed by atoms with E-state index in [0.717, 1.165) is 12.8 Å². The summed E-state index contributed by atoms with van der Waals surface area (Å²) in [5.74, 6) is 0.504. The van der Waals surface area contributed by atoms with Crippen molar-refractivity contribution in [3.05, 3.63) is 41.1 Å². The van der Waals surface area contributed by atoms with E-state index in [1.54, 1.807) is 35.5 Å². The average Bonchev–Trinajstić information content (AvgIpc) is 3.10. The van der Waals surface area contributed by atoms with Crippen LogP contribution in [0.2, 0.25) is 0 Å². The summed E-state index contributed by atoms with van der Waals surface area (Å²) in [5.41, 5.74) is 0.705. The number of anilines is 2. The Morgan fingerprint density at radius 1 is 1.13 bits per heavy atom. The van der Waals surface area contributed by atoms with Gasteiger partial charge in [-0.3, -0.25) is 0 Å². The molecule has 1 fully saturated rings. The lowest BCUT2D eigenvalue weighted by Crippen LogP contribution is -2.28. The van der Waals surface area contributed by atoms with Crippen molar-refractivity contribution >= 4 is 37.6 Å². The van der Waals surface area contributed by atoms with Crippen LogP contribution < -0.4 is 4.90 Å². The van der Waals surface area contributed by atoms with Crippen LogP contribution in [0.5, 0.6) is 0 Å². The van der Waals surface area contributed by atoms with E-state index in [2.05, 4.69) is 25.9 Å². The number of hydrogen-bond acceptors (Lipinski definition) is 5. The molecule has 0 saturated carbocycles. The van der Waals surface area contributed by atoms with E-state index >= 15 is 0 Å². The molecule has 0 atom stereocenters. The van der Waals surface area contributed by atoms with Crippen LogP contribution in [0.4, 0.5) is 11.6 Å². The first kappa shape index (κ1) is 16.4. The van der Waals surface area contributed by atoms with Gasteiger partial charge in [-0.2, -0.15) is 4.31 Å². The molecule has 2 heterocycles. The molecule has 2 aromatic rings. The average molecular weight is 397 g/mol. The van der Waals surface area contributed by atoms with Gasteiger partial charge in [0.2, 0.25) is 16.0 Å². The minimum absolute atomic E-state index is 0.277. The first-order valence-electron chi connectivity index (χ1n) is 7.31. The van der Waals surface area contributed by atoms with Crippen molar-refractivity contribution in [2.75, 3.05) is 25.0 Å². The summed E-state index contributed by atoms with van der Waals surface area (Å²) in [5, 5.41) is 0. The van der Waals surface area contributed by atoms with Gasteiger partial charge in [-0.1, -0.05) is 6.07 Å². The second-order valence-electron chi connectivity index (χ2n) is 5.31. The Hall–Kier alpha value is -1.51. The van der Waals surface area contributed by atoms with Crippen LogP contribution in [0, 0.1) is 0 Å². The summed E-state index contributed by atoms with van der Waals surface area (Å²) in [6.45, 7) is 1.16. The van der Waals surface area contributed by atoms with Gasteiger partial charge in [0.1, 0.15) is 0 Å². The topological polar surface area (TPSA) is 66.4 Å². The molecule has 23 heavy (non-hydrogen) atoms. The predicted octanol–water partition coefficient (Wildman–Crippen LogP) is 2.79. The second kappa shape index (κ2) is 6.54.